The Kier molecular flexibility index (Phi) is 3.84. The van der Waals surface area contributed by atoms with E-state index in [0.717, 1.165) is 18.6 Å². The van der Waals surface area contributed by atoms with E-state index in [0.29, 0.717) is 17.9 Å². The molecule has 2 rings (SSSR count). The zero-order valence-corrected chi connectivity index (χ0v) is 10.8. The number of nitrogens with zero attached hydrogens (tertiary/aromatic N) is 1. The predicted molar refractivity (Wildman–Crippen MR) is 70.3 cm³/mol. The maximum atomic E-state index is 12.4. The molecule has 1 aliphatic rings. The van der Waals surface area contributed by atoms with Crippen LogP contribution < -0.4 is 11.3 Å². The SMILES string of the molecule is Cc1ccc(NN)c(C(=O)N(C)C2CCOC2)c1. The summed E-state index contributed by atoms with van der Waals surface area (Å²) in [4.78, 5) is 14.2. The van der Waals surface area contributed by atoms with Crippen LogP contribution in [0.15, 0.2) is 18.2 Å². The van der Waals surface area contributed by atoms with Crippen molar-refractivity contribution in [2.24, 2.45) is 5.84 Å². The number of nitrogens with two attached hydrogens (primary N) is 1. The van der Waals surface area contributed by atoms with E-state index in [1.165, 1.54) is 0 Å². The summed E-state index contributed by atoms with van der Waals surface area (Å²) in [6, 6.07) is 5.75. The highest BCUT2D eigenvalue weighted by Gasteiger charge is 2.26. The van der Waals surface area contributed by atoms with E-state index in [2.05, 4.69) is 5.43 Å². The Hall–Kier alpha value is -1.59. The van der Waals surface area contributed by atoms with Gasteiger partial charge in [0.05, 0.1) is 23.9 Å². The first kappa shape index (κ1) is 12.9. The molecule has 1 aromatic carbocycles. The molecule has 1 aromatic rings. The summed E-state index contributed by atoms with van der Waals surface area (Å²) < 4.78 is 5.31. The van der Waals surface area contributed by atoms with Gasteiger partial charge >= 0.3 is 0 Å². The van der Waals surface area contributed by atoms with Gasteiger partial charge in [0.25, 0.3) is 5.91 Å². The van der Waals surface area contributed by atoms with E-state index >= 15 is 0 Å². The number of hydrogen-bond acceptors (Lipinski definition) is 4. The average Bonchev–Trinajstić information content (AvgIpc) is 2.90. The summed E-state index contributed by atoms with van der Waals surface area (Å²) >= 11 is 0. The third-order valence-corrected chi connectivity index (χ3v) is 3.33. The first-order valence-corrected chi connectivity index (χ1v) is 6.05. The smallest absolute Gasteiger partial charge is 0.256 e. The van der Waals surface area contributed by atoms with Crippen molar-refractivity contribution < 1.29 is 9.53 Å². The quantitative estimate of drug-likeness (QED) is 0.622. The van der Waals surface area contributed by atoms with E-state index in [1.807, 2.05) is 32.2 Å². The lowest BCUT2D eigenvalue weighted by Gasteiger charge is -2.24. The molecule has 98 valence electrons. The zero-order valence-electron chi connectivity index (χ0n) is 10.8. The van der Waals surface area contributed by atoms with Gasteiger partial charge in [-0.3, -0.25) is 10.6 Å². The van der Waals surface area contributed by atoms with Gasteiger partial charge in [-0.05, 0) is 25.5 Å². The Bertz CT molecular complexity index is 442. The van der Waals surface area contributed by atoms with Gasteiger partial charge in [0.1, 0.15) is 0 Å². The summed E-state index contributed by atoms with van der Waals surface area (Å²) in [5, 5.41) is 0. The molecule has 3 N–H and O–H groups in total. The number of amides is 1. The Morgan fingerprint density at radius 3 is 2.94 bits per heavy atom. The molecule has 5 heteroatoms. The van der Waals surface area contributed by atoms with Crippen molar-refractivity contribution in [1.29, 1.82) is 0 Å². The number of carbonyl (C=O) groups is 1. The number of nitrogens with one attached hydrogen (secondary N) is 1. The number of benzene rings is 1. The van der Waals surface area contributed by atoms with Gasteiger partial charge in [0.2, 0.25) is 0 Å². The van der Waals surface area contributed by atoms with E-state index in [4.69, 9.17) is 10.6 Å². The van der Waals surface area contributed by atoms with Crippen molar-refractivity contribution in [1.82, 2.24) is 4.90 Å². The Morgan fingerprint density at radius 1 is 1.56 bits per heavy atom. The molecule has 1 amide bonds. The molecule has 1 unspecified atom stereocenters. The molecular weight excluding hydrogens is 230 g/mol. The highest BCUT2D eigenvalue weighted by Crippen LogP contribution is 2.20. The molecule has 1 fully saturated rings. The monoisotopic (exact) mass is 249 g/mol. The summed E-state index contributed by atoms with van der Waals surface area (Å²) in [5.41, 5.74) is 4.86. The van der Waals surface area contributed by atoms with Crippen molar-refractivity contribution in [2.45, 2.75) is 19.4 Å². The van der Waals surface area contributed by atoms with Crippen molar-refractivity contribution in [2.75, 3.05) is 25.7 Å². The first-order chi connectivity index (χ1) is 8.63. The maximum Gasteiger partial charge on any atom is 0.256 e. The van der Waals surface area contributed by atoms with Gasteiger partial charge in [0, 0.05) is 13.7 Å². The molecule has 0 radical (unpaired) electrons. The first-order valence-electron chi connectivity index (χ1n) is 6.05. The zero-order chi connectivity index (χ0) is 13.1. The van der Waals surface area contributed by atoms with Crippen molar-refractivity contribution >= 4 is 11.6 Å². The minimum absolute atomic E-state index is 0.0258. The second-order valence-electron chi connectivity index (χ2n) is 4.63. The van der Waals surface area contributed by atoms with Crippen LogP contribution in [0.5, 0.6) is 0 Å². The fourth-order valence-electron chi connectivity index (χ4n) is 2.14. The van der Waals surface area contributed by atoms with Crippen molar-refractivity contribution in [3.63, 3.8) is 0 Å². The minimum Gasteiger partial charge on any atom is -0.379 e. The number of aryl methyl sites for hydroxylation is 1. The third kappa shape index (κ3) is 2.47. The molecule has 0 spiro atoms. The summed E-state index contributed by atoms with van der Waals surface area (Å²) in [5.74, 6) is 5.42. The fraction of sp³-hybridized carbons (Fsp3) is 0.462. The van der Waals surface area contributed by atoms with Gasteiger partial charge in [-0.15, -0.1) is 0 Å². The number of anilines is 1. The van der Waals surface area contributed by atoms with Crippen LogP contribution in [0, 0.1) is 6.92 Å². The average molecular weight is 249 g/mol. The topological polar surface area (TPSA) is 67.6 Å². The van der Waals surface area contributed by atoms with Crippen LogP contribution in [-0.2, 0) is 4.74 Å². The number of hydrogen-bond donors (Lipinski definition) is 2. The summed E-state index contributed by atoms with van der Waals surface area (Å²) in [6.45, 7) is 3.29. The Balaban J connectivity index is 2.24. The molecule has 1 heterocycles. The molecule has 0 aliphatic carbocycles. The van der Waals surface area contributed by atoms with E-state index in [9.17, 15) is 4.79 Å². The minimum atomic E-state index is -0.0258. The summed E-state index contributed by atoms with van der Waals surface area (Å²) in [7, 11) is 1.81. The van der Waals surface area contributed by atoms with E-state index in [1.54, 1.807) is 4.90 Å². The van der Waals surface area contributed by atoms with Crippen LogP contribution in [0.25, 0.3) is 0 Å². The molecule has 18 heavy (non-hydrogen) atoms. The lowest BCUT2D eigenvalue weighted by Crippen LogP contribution is -2.37. The van der Waals surface area contributed by atoms with Crippen LogP contribution in [-0.4, -0.2) is 37.1 Å². The largest absolute Gasteiger partial charge is 0.379 e. The van der Waals surface area contributed by atoms with Crippen molar-refractivity contribution in [3.8, 4) is 0 Å². The van der Waals surface area contributed by atoms with Gasteiger partial charge in [-0.1, -0.05) is 11.6 Å². The standard InChI is InChI=1S/C13H19N3O2/c1-9-3-4-12(15-14)11(7-9)13(17)16(2)10-5-6-18-8-10/h3-4,7,10,15H,5-6,8,14H2,1-2H3. The molecule has 1 saturated heterocycles. The van der Waals surface area contributed by atoms with Crippen LogP contribution in [0.1, 0.15) is 22.3 Å². The molecule has 5 nitrogen and oxygen atoms in total. The number of rotatable bonds is 3. The molecular formula is C13H19N3O2. The lowest BCUT2D eigenvalue weighted by atomic mass is 10.1. The highest BCUT2D eigenvalue weighted by atomic mass is 16.5. The third-order valence-electron chi connectivity index (χ3n) is 3.33. The Labute approximate surface area is 107 Å². The van der Waals surface area contributed by atoms with E-state index < -0.39 is 0 Å². The number of hydrazine groups is 1. The van der Waals surface area contributed by atoms with Crippen LogP contribution in [0.3, 0.4) is 0 Å². The molecule has 0 aromatic heterocycles. The predicted octanol–water partition coefficient (Wildman–Crippen LogP) is 1.14. The van der Waals surface area contributed by atoms with Crippen LogP contribution in [0.4, 0.5) is 5.69 Å². The normalized spacial score (nSPS) is 18.7. The van der Waals surface area contributed by atoms with Gasteiger partial charge in [-0.25, -0.2) is 0 Å². The molecule has 0 saturated carbocycles. The van der Waals surface area contributed by atoms with Gasteiger partial charge < -0.3 is 15.1 Å². The molecule has 0 bridgehead atoms. The fourth-order valence-corrected chi connectivity index (χ4v) is 2.14. The number of ether oxygens (including phenoxy) is 1. The second-order valence-corrected chi connectivity index (χ2v) is 4.63. The maximum absolute atomic E-state index is 12.4. The van der Waals surface area contributed by atoms with E-state index in [-0.39, 0.29) is 11.9 Å². The van der Waals surface area contributed by atoms with Gasteiger partial charge in [0.15, 0.2) is 0 Å². The number of nitrogen functional groups attached to an aromatic ring is 1. The highest BCUT2D eigenvalue weighted by molar-refractivity contribution is 5.99. The molecule has 1 aliphatic heterocycles. The lowest BCUT2D eigenvalue weighted by molar-refractivity contribution is 0.0712. The number of carbonyl (C=O) groups excluding carboxylic acids is 1. The summed E-state index contributed by atoms with van der Waals surface area (Å²) in [6.07, 6.45) is 0.888. The van der Waals surface area contributed by atoms with Gasteiger partial charge in [-0.2, -0.15) is 0 Å². The van der Waals surface area contributed by atoms with Crippen LogP contribution in [0.2, 0.25) is 0 Å². The molecule has 1 atom stereocenters. The second kappa shape index (κ2) is 5.37. The van der Waals surface area contributed by atoms with Crippen LogP contribution >= 0.6 is 0 Å². The number of likely N-dealkylation sites (N-methyl/N-ethyl adjacent to an activating group) is 1. The van der Waals surface area contributed by atoms with Crippen molar-refractivity contribution in [3.05, 3.63) is 29.3 Å². The Morgan fingerprint density at radius 2 is 2.33 bits per heavy atom.